The van der Waals surface area contributed by atoms with Gasteiger partial charge in [0, 0.05) is 22.4 Å². The van der Waals surface area contributed by atoms with Gasteiger partial charge in [0.15, 0.2) is 0 Å². The summed E-state index contributed by atoms with van der Waals surface area (Å²) in [6.45, 7) is 14.8. The zero-order valence-corrected chi connectivity index (χ0v) is 23.1. The van der Waals surface area contributed by atoms with E-state index in [-0.39, 0.29) is 5.97 Å². The number of thioether (sulfide) groups is 1. The summed E-state index contributed by atoms with van der Waals surface area (Å²) in [5.74, 6) is 0.533. The number of esters is 1. The third-order valence-electron chi connectivity index (χ3n) is 4.84. The molecule has 6 nitrogen and oxygen atoms in total. The van der Waals surface area contributed by atoms with Gasteiger partial charge in [-0.15, -0.1) is 23.1 Å². The lowest BCUT2D eigenvalue weighted by molar-refractivity contribution is -0.156. The van der Waals surface area contributed by atoms with Crippen LogP contribution in [-0.4, -0.2) is 31.3 Å². The third-order valence-corrected chi connectivity index (χ3v) is 7.29. The maximum atomic E-state index is 12.6. The molecule has 0 N–H and O–H groups in total. The number of carbonyl (C=O) groups excluding carboxylic acids is 1. The highest BCUT2D eigenvalue weighted by atomic mass is 35.5. The molecule has 0 saturated heterocycles. The highest BCUT2D eigenvalue weighted by molar-refractivity contribution is 8.01. The molecule has 0 fully saturated rings. The fourth-order valence-electron chi connectivity index (χ4n) is 3.23. The summed E-state index contributed by atoms with van der Waals surface area (Å²) < 4.78 is 4.89. The van der Waals surface area contributed by atoms with Gasteiger partial charge in [0.05, 0.1) is 17.2 Å². The van der Waals surface area contributed by atoms with E-state index in [1.165, 1.54) is 23.0 Å². The van der Waals surface area contributed by atoms with Crippen LogP contribution in [-0.2, 0) is 22.6 Å². The summed E-state index contributed by atoms with van der Waals surface area (Å²) in [7, 11) is 0. The highest BCUT2D eigenvalue weighted by Gasteiger charge is 2.33. The second-order valence-corrected chi connectivity index (χ2v) is 12.9. The lowest BCUT2D eigenvalue weighted by Gasteiger charge is -2.28. The molecule has 34 heavy (non-hydrogen) atoms. The number of nitrogens with zero attached hydrogens (tertiary/aromatic N) is 4. The number of hydrogen-bond acceptors (Lipinski definition) is 8. The Morgan fingerprint density at radius 2 is 1.76 bits per heavy atom. The molecule has 2 aromatic heterocycles. The van der Waals surface area contributed by atoms with Crippen molar-refractivity contribution in [2.75, 3.05) is 4.90 Å². The molecule has 182 valence electrons. The predicted molar refractivity (Wildman–Crippen MR) is 141 cm³/mol. The van der Waals surface area contributed by atoms with Gasteiger partial charge in [0.1, 0.15) is 27.6 Å². The monoisotopic (exact) mass is 518 g/mol. The number of anilines is 1. The standard InChI is InChI=1S/C25H31ClN4O2S2/c1-16-20(33-17(2)29-16)14-30(22-12-21(26)27-15-28-22)13-18-8-10-19(11-9-18)34-25(6,7)23(31)32-24(3,4)5/h8-12,15H,13-14H2,1-7H3. The Labute approximate surface area is 215 Å². The van der Waals surface area contributed by atoms with Crippen molar-refractivity contribution in [3.8, 4) is 0 Å². The van der Waals surface area contributed by atoms with Gasteiger partial charge in [-0.05, 0) is 66.2 Å². The van der Waals surface area contributed by atoms with Crippen molar-refractivity contribution in [2.24, 2.45) is 0 Å². The molecule has 0 amide bonds. The molecule has 0 aliphatic heterocycles. The van der Waals surface area contributed by atoms with E-state index in [0.717, 1.165) is 27.0 Å². The number of aromatic nitrogens is 3. The number of carbonyl (C=O) groups is 1. The van der Waals surface area contributed by atoms with Gasteiger partial charge in [-0.1, -0.05) is 23.7 Å². The van der Waals surface area contributed by atoms with Crippen LogP contribution in [0.15, 0.2) is 41.6 Å². The van der Waals surface area contributed by atoms with E-state index in [1.54, 1.807) is 17.4 Å². The first kappa shape index (κ1) is 26.4. The molecular formula is C25H31ClN4O2S2. The van der Waals surface area contributed by atoms with Crippen molar-refractivity contribution in [3.63, 3.8) is 0 Å². The Morgan fingerprint density at radius 1 is 1.09 bits per heavy atom. The minimum absolute atomic E-state index is 0.226. The molecule has 0 unspecified atom stereocenters. The zero-order chi connectivity index (χ0) is 25.1. The number of halogens is 1. The van der Waals surface area contributed by atoms with E-state index in [1.807, 2.05) is 60.6 Å². The van der Waals surface area contributed by atoms with Crippen LogP contribution in [0.3, 0.4) is 0 Å². The first-order chi connectivity index (χ1) is 15.8. The van der Waals surface area contributed by atoms with Crippen LogP contribution in [0.25, 0.3) is 0 Å². The lowest BCUT2D eigenvalue weighted by atomic mass is 10.1. The van der Waals surface area contributed by atoms with E-state index in [0.29, 0.717) is 18.2 Å². The Balaban J connectivity index is 1.77. The largest absolute Gasteiger partial charge is 0.459 e. The molecule has 0 radical (unpaired) electrons. The van der Waals surface area contributed by atoms with Crippen LogP contribution in [0.4, 0.5) is 5.82 Å². The number of thiazole rings is 1. The molecule has 1 aromatic carbocycles. The van der Waals surface area contributed by atoms with Gasteiger partial charge in [-0.25, -0.2) is 15.0 Å². The highest BCUT2D eigenvalue weighted by Crippen LogP contribution is 2.35. The minimum atomic E-state index is -0.694. The third kappa shape index (κ3) is 7.42. The van der Waals surface area contributed by atoms with Crippen molar-refractivity contribution < 1.29 is 9.53 Å². The molecule has 9 heteroatoms. The number of rotatable bonds is 8. The van der Waals surface area contributed by atoms with Gasteiger partial charge in [0.25, 0.3) is 0 Å². The van der Waals surface area contributed by atoms with Crippen molar-refractivity contribution in [1.82, 2.24) is 15.0 Å². The maximum Gasteiger partial charge on any atom is 0.322 e. The van der Waals surface area contributed by atoms with E-state index < -0.39 is 10.3 Å². The van der Waals surface area contributed by atoms with E-state index in [2.05, 4.69) is 32.0 Å². The number of benzene rings is 1. The second kappa shape index (κ2) is 10.6. The fraction of sp³-hybridized carbons (Fsp3) is 0.440. The van der Waals surface area contributed by atoms with Crippen LogP contribution in [0.5, 0.6) is 0 Å². The molecule has 3 rings (SSSR count). The minimum Gasteiger partial charge on any atom is -0.459 e. The quantitative estimate of drug-likeness (QED) is 0.188. The maximum absolute atomic E-state index is 12.6. The summed E-state index contributed by atoms with van der Waals surface area (Å²) in [5.41, 5.74) is 1.64. The van der Waals surface area contributed by atoms with E-state index in [4.69, 9.17) is 16.3 Å². The van der Waals surface area contributed by atoms with Crippen LogP contribution >= 0.6 is 34.7 Å². The van der Waals surface area contributed by atoms with E-state index in [9.17, 15) is 4.79 Å². The summed E-state index contributed by atoms with van der Waals surface area (Å²) in [4.78, 5) is 30.0. The van der Waals surface area contributed by atoms with Gasteiger partial charge in [-0.3, -0.25) is 4.79 Å². The fourth-order valence-corrected chi connectivity index (χ4v) is 5.31. The van der Waals surface area contributed by atoms with Crippen LogP contribution in [0, 0.1) is 13.8 Å². The topological polar surface area (TPSA) is 68.2 Å². The summed E-state index contributed by atoms with van der Waals surface area (Å²) in [6, 6.07) is 10.0. The van der Waals surface area contributed by atoms with Gasteiger partial charge in [-0.2, -0.15) is 0 Å². The molecule has 0 aliphatic carbocycles. The number of hydrogen-bond donors (Lipinski definition) is 0. The number of aryl methyl sites for hydroxylation is 2. The van der Waals surface area contributed by atoms with Gasteiger partial charge < -0.3 is 9.64 Å². The molecule has 0 atom stereocenters. The smallest absolute Gasteiger partial charge is 0.322 e. The summed E-state index contributed by atoms with van der Waals surface area (Å²) in [5, 5.41) is 1.45. The Kier molecular flexibility index (Phi) is 8.26. The zero-order valence-electron chi connectivity index (χ0n) is 20.7. The molecule has 0 spiro atoms. The molecule has 0 saturated carbocycles. The van der Waals surface area contributed by atoms with Gasteiger partial charge >= 0.3 is 5.97 Å². The molecule has 0 aliphatic rings. The van der Waals surface area contributed by atoms with Crippen LogP contribution in [0.2, 0.25) is 5.15 Å². The van der Waals surface area contributed by atoms with E-state index >= 15 is 0 Å². The van der Waals surface area contributed by atoms with Crippen molar-refractivity contribution in [2.45, 2.75) is 76.8 Å². The average Bonchev–Trinajstić information content (AvgIpc) is 3.04. The Morgan fingerprint density at radius 3 is 2.32 bits per heavy atom. The molecule has 2 heterocycles. The first-order valence-electron chi connectivity index (χ1n) is 11.0. The predicted octanol–water partition coefficient (Wildman–Crippen LogP) is 6.62. The lowest BCUT2D eigenvalue weighted by Crippen LogP contribution is -2.36. The first-order valence-corrected chi connectivity index (χ1v) is 13.0. The number of ether oxygens (including phenoxy) is 1. The average molecular weight is 519 g/mol. The Bertz CT molecular complexity index is 1140. The van der Waals surface area contributed by atoms with Gasteiger partial charge in [0.2, 0.25) is 0 Å². The normalized spacial score (nSPS) is 12.0. The van der Waals surface area contributed by atoms with Crippen LogP contribution < -0.4 is 4.90 Å². The van der Waals surface area contributed by atoms with Crippen molar-refractivity contribution >= 4 is 46.5 Å². The second-order valence-electron chi connectivity index (χ2n) is 9.55. The molecular weight excluding hydrogens is 488 g/mol. The molecule has 3 aromatic rings. The summed E-state index contributed by atoms with van der Waals surface area (Å²) in [6.07, 6.45) is 1.48. The van der Waals surface area contributed by atoms with Crippen LogP contribution in [0.1, 0.15) is 55.8 Å². The summed E-state index contributed by atoms with van der Waals surface area (Å²) >= 11 is 9.34. The Hall–Kier alpha value is -2.16. The van der Waals surface area contributed by atoms with Crippen molar-refractivity contribution in [3.05, 3.63) is 63.0 Å². The SMILES string of the molecule is Cc1nc(C)c(CN(Cc2ccc(SC(C)(C)C(=O)OC(C)(C)C)cc2)c2cc(Cl)ncn2)s1. The molecule has 0 bridgehead atoms. The van der Waals surface area contributed by atoms with Crippen molar-refractivity contribution in [1.29, 1.82) is 0 Å².